The van der Waals surface area contributed by atoms with Gasteiger partial charge in [-0.15, -0.1) is 0 Å². The molecule has 3 heteroatoms. The summed E-state index contributed by atoms with van der Waals surface area (Å²) < 4.78 is 2.10. The van der Waals surface area contributed by atoms with Crippen LogP contribution < -0.4 is 5.32 Å². The van der Waals surface area contributed by atoms with Crippen molar-refractivity contribution in [2.24, 2.45) is 0 Å². The molecule has 2 rings (SSSR count). The van der Waals surface area contributed by atoms with Crippen LogP contribution in [0.25, 0.3) is 0 Å². The van der Waals surface area contributed by atoms with Gasteiger partial charge in [0.25, 0.3) is 0 Å². The van der Waals surface area contributed by atoms with Gasteiger partial charge in [-0.05, 0) is 46.6 Å². The predicted molar refractivity (Wildman–Crippen MR) is 89.9 cm³/mol. The van der Waals surface area contributed by atoms with Crippen molar-refractivity contribution in [3.63, 3.8) is 0 Å². The van der Waals surface area contributed by atoms with Crippen molar-refractivity contribution < 1.29 is 0 Å². The molecule has 0 saturated heterocycles. The van der Waals surface area contributed by atoms with E-state index < -0.39 is 0 Å². The van der Waals surface area contributed by atoms with E-state index in [1.54, 1.807) is 0 Å². The summed E-state index contributed by atoms with van der Waals surface area (Å²) in [5.74, 6) is 0. The van der Waals surface area contributed by atoms with Crippen LogP contribution in [0.5, 0.6) is 0 Å². The smallest absolute Gasteiger partial charge is 0.0828 e. The maximum absolute atomic E-state index is 4.66. The average Bonchev–Trinajstić information content (AvgIpc) is 2.73. The topological polar surface area (TPSA) is 29.9 Å². The number of benzene rings is 1. The van der Waals surface area contributed by atoms with Crippen molar-refractivity contribution in [2.45, 2.75) is 60.0 Å². The lowest BCUT2D eigenvalue weighted by molar-refractivity contribution is 0.516. The zero-order valence-electron chi connectivity index (χ0n) is 14.1. The van der Waals surface area contributed by atoms with E-state index in [1.165, 1.54) is 22.5 Å². The monoisotopic (exact) mass is 285 g/mol. The van der Waals surface area contributed by atoms with Crippen LogP contribution >= 0.6 is 0 Å². The standard InChI is InChI=1S/C18H27N3/c1-7-17(16-10-8-13(4)9-11-16)19-18-14(5)20-21(12(2)3)15(18)6/h8-12,17,19H,7H2,1-6H3. The Bertz CT molecular complexity index is 594. The fourth-order valence-electron chi connectivity index (χ4n) is 2.77. The minimum Gasteiger partial charge on any atom is -0.375 e. The molecule has 21 heavy (non-hydrogen) atoms. The van der Waals surface area contributed by atoms with Crippen molar-refractivity contribution in [3.05, 3.63) is 46.8 Å². The number of aryl methyl sites for hydroxylation is 2. The highest BCUT2D eigenvalue weighted by molar-refractivity contribution is 5.54. The molecule has 1 N–H and O–H groups in total. The Morgan fingerprint density at radius 3 is 2.19 bits per heavy atom. The molecule has 1 heterocycles. The van der Waals surface area contributed by atoms with Crippen LogP contribution in [0, 0.1) is 20.8 Å². The van der Waals surface area contributed by atoms with Gasteiger partial charge in [0, 0.05) is 6.04 Å². The fraction of sp³-hybridized carbons (Fsp3) is 0.500. The minimum absolute atomic E-state index is 0.327. The number of anilines is 1. The number of aromatic nitrogens is 2. The molecule has 0 aliphatic carbocycles. The van der Waals surface area contributed by atoms with Crippen LogP contribution in [0.1, 0.15) is 61.8 Å². The number of rotatable bonds is 5. The molecule has 0 saturated carbocycles. The lowest BCUT2D eigenvalue weighted by atomic mass is 10.0. The highest BCUT2D eigenvalue weighted by Gasteiger charge is 2.17. The number of hydrogen-bond donors (Lipinski definition) is 1. The molecule has 0 bridgehead atoms. The normalized spacial score (nSPS) is 12.7. The summed E-state index contributed by atoms with van der Waals surface area (Å²) in [6.07, 6.45) is 1.05. The third kappa shape index (κ3) is 3.29. The molecule has 0 spiro atoms. The molecule has 2 aromatic rings. The van der Waals surface area contributed by atoms with Crippen LogP contribution in [0.3, 0.4) is 0 Å². The average molecular weight is 285 g/mol. The van der Waals surface area contributed by atoms with Gasteiger partial charge in [0.05, 0.1) is 23.1 Å². The second kappa shape index (κ2) is 6.33. The van der Waals surface area contributed by atoms with Crippen molar-refractivity contribution in [3.8, 4) is 0 Å². The molecular weight excluding hydrogens is 258 g/mol. The van der Waals surface area contributed by atoms with Crippen LogP contribution in [0.4, 0.5) is 5.69 Å². The largest absolute Gasteiger partial charge is 0.375 e. The molecule has 0 aliphatic heterocycles. The number of nitrogens with one attached hydrogen (secondary N) is 1. The van der Waals surface area contributed by atoms with E-state index in [9.17, 15) is 0 Å². The van der Waals surface area contributed by atoms with Gasteiger partial charge in [0.15, 0.2) is 0 Å². The van der Waals surface area contributed by atoms with E-state index >= 15 is 0 Å². The third-order valence-corrected chi connectivity index (χ3v) is 4.02. The Morgan fingerprint density at radius 2 is 1.71 bits per heavy atom. The van der Waals surface area contributed by atoms with E-state index in [0.29, 0.717) is 12.1 Å². The van der Waals surface area contributed by atoms with Crippen molar-refractivity contribution in [1.82, 2.24) is 9.78 Å². The number of nitrogens with zero attached hydrogens (tertiary/aromatic N) is 2. The Balaban J connectivity index is 2.29. The Kier molecular flexibility index (Phi) is 4.71. The van der Waals surface area contributed by atoms with E-state index in [4.69, 9.17) is 0 Å². The van der Waals surface area contributed by atoms with Gasteiger partial charge in [0.1, 0.15) is 0 Å². The zero-order chi connectivity index (χ0) is 15.6. The van der Waals surface area contributed by atoms with Gasteiger partial charge in [-0.1, -0.05) is 36.8 Å². The first-order valence-corrected chi connectivity index (χ1v) is 7.82. The second-order valence-corrected chi connectivity index (χ2v) is 6.10. The van der Waals surface area contributed by atoms with Crippen LogP contribution in [-0.4, -0.2) is 9.78 Å². The van der Waals surface area contributed by atoms with Gasteiger partial charge in [-0.25, -0.2) is 0 Å². The summed E-state index contributed by atoms with van der Waals surface area (Å²) in [6.45, 7) is 12.9. The summed E-state index contributed by atoms with van der Waals surface area (Å²) in [5.41, 5.74) is 6.10. The Labute approximate surface area is 128 Å². The molecule has 1 atom stereocenters. The summed E-state index contributed by atoms with van der Waals surface area (Å²) in [5, 5.41) is 8.35. The van der Waals surface area contributed by atoms with E-state index in [-0.39, 0.29) is 0 Å². The fourth-order valence-corrected chi connectivity index (χ4v) is 2.77. The first-order chi connectivity index (χ1) is 9.93. The summed E-state index contributed by atoms with van der Waals surface area (Å²) in [7, 11) is 0. The Morgan fingerprint density at radius 1 is 1.10 bits per heavy atom. The zero-order valence-corrected chi connectivity index (χ0v) is 14.1. The van der Waals surface area contributed by atoms with Gasteiger partial charge < -0.3 is 5.32 Å². The van der Waals surface area contributed by atoms with E-state index in [1.807, 2.05) is 0 Å². The van der Waals surface area contributed by atoms with Crippen LogP contribution in [0.2, 0.25) is 0 Å². The van der Waals surface area contributed by atoms with E-state index in [0.717, 1.165) is 12.1 Å². The highest BCUT2D eigenvalue weighted by atomic mass is 15.3. The molecule has 114 valence electrons. The lowest BCUT2D eigenvalue weighted by Gasteiger charge is -2.19. The summed E-state index contributed by atoms with van der Waals surface area (Å²) >= 11 is 0. The molecule has 3 nitrogen and oxygen atoms in total. The van der Waals surface area contributed by atoms with Gasteiger partial charge in [0.2, 0.25) is 0 Å². The first-order valence-electron chi connectivity index (χ1n) is 7.82. The molecule has 0 amide bonds. The SMILES string of the molecule is CCC(Nc1c(C)nn(C(C)C)c1C)c1ccc(C)cc1. The summed E-state index contributed by atoms with van der Waals surface area (Å²) in [6, 6.07) is 9.50. The molecular formula is C18H27N3. The van der Waals surface area contributed by atoms with Gasteiger partial charge >= 0.3 is 0 Å². The summed E-state index contributed by atoms with van der Waals surface area (Å²) in [4.78, 5) is 0. The van der Waals surface area contributed by atoms with Crippen LogP contribution in [0.15, 0.2) is 24.3 Å². The molecule has 0 fully saturated rings. The van der Waals surface area contributed by atoms with E-state index in [2.05, 4.69) is 80.9 Å². The maximum Gasteiger partial charge on any atom is 0.0828 e. The van der Waals surface area contributed by atoms with Crippen molar-refractivity contribution in [2.75, 3.05) is 5.32 Å². The molecule has 0 radical (unpaired) electrons. The first kappa shape index (κ1) is 15.6. The quantitative estimate of drug-likeness (QED) is 0.842. The van der Waals surface area contributed by atoms with Crippen LogP contribution in [-0.2, 0) is 0 Å². The molecule has 1 aromatic heterocycles. The Hall–Kier alpha value is -1.77. The second-order valence-electron chi connectivity index (χ2n) is 6.10. The van der Waals surface area contributed by atoms with Crippen molar-refractivity contribution in [1.29, 1.82) is 0 Å². The maximum atomic E-state index is 4.66. The molecule has 0 aliphatic rings. The van der Waals surface area contributed by atoms with Gasteiger partial charge in [-0.3, -0.25) is 4.68 Å². The van der Waals surface area contributed by atoms with Crippen molar-refractivity contribution >= 4 is 5.69 Å². The highest BCUT2D eigenvalue weighted by Crippen LogP contribution is 2.28. The molecule has 1 unspecified atom stereocenters. The minimum atomic E-state index is 0.327. The van der Waals surface area contributed by atoms with Gasteiger partial charge in [-0.2, -0.15) is 5.10 Å². The third-order valence-electron chi connectivity index (χ3n) is 4.02. The predicted octanol–water partition coefficient (Wildman–Crippen LogP) is 4.95. The number of hydrogen-bond acceptors (Lipinski definition) is 2. The lowest BCUT2D eigenvalue weighted by Crippen LogP contribution is -2.11. The molecule has 1 aromatic carbocycles.